The van der Waals surface area contributed by atoms with Gasteiger partial charge in [0.15, 0.2) is 6.39 Å². The number of ether oxygens (including phenoxy) is 2. The molecule has 0 spiro atoms. The summed E-state index contributed by atoms with van der Waals surface area (Å²) in [6, 6.07) is 4.37. The highest BCUT2D eigenvalue weighted by Crippen LogP contribution is 2.30. The van der Waals surface area contributed by atoms with Gasteiger partial charge in [-0.2, -0.15) is 0 Å². The van der Waals surface area contributed by atoms with Gasteiger partial charge in [-0.15, -0.1) is 0 Å². The maximum absolute atomic E-state index is 13.3. The second kappa shape index (κ2) is 5.40. The summed E-state index contributed by atoms with van der Waals surface area (Å²) in [7, 11) is 0. The largest absolute Gasteiger partial charge is 0.490 e. The van der Waals surface area contributed by atoms with Crippen LogP contribution in [0.15, 0.2) is 35.3 Å². The van der Waals surface area contributed by atoms with Gasteiger partial charge in [-0.1, -0.05) is 0 Å². The van der Waals surface area contributed by atoms with Crippen LogP contribution in [0.1, 0.15) is 12.8 Å². The minimum atomic E-state index is -0.331. The van der Waals surface area contributed by atoms with E-state index in [4.69, 9.17) is 13.9 Å². The van der Waals surface area contributed by atoms with Crippen LogP contribution < -0.4 is 4.74 Å². The van der Waals surface area contributed by atoms with Gasteiger partial charge in [0.2, 0.25) is 0 Å². The Morgan fingerprint density at radius 1 is 1.42 bits per heavy atom. The SMILES string of the molecule is Fc1ccc(OCC2CCCO2)c(-c2cocn2)c1. The summed E-state index contributed by atoms with van der Waals surface area (Å²) in [4.78, 5) is 4.02. The quantitative estimate of drug-likeness (QED) is 0.850. The minimum Gasteiger partial charge on any atom is -0.490 e. The smallest absolute Gasteiger partial charge is 0.181 e. The van der Waals surface area contributed by atoms with Gasteiger partial charge in [0.25, 0.3) is 0 Å². The predicted octanol–water partition coefficient (Wildman–Crippen LogP) is 3.04. The molecular weight excluding hydrogens is 249 g/mol. The van der Waals surface area contributed by atoms with E-state index in [1.54, 1.807) is 6.07 Å². The maximum Gasteiger partial charge on any atom is 0.181 e. The standard InChI is InChI=1S/C14H14FNO3/c15-10-3-4-14(19-7-11-2-1-5-18-11)12(6-10)13-8-17-9-16-13/h3-4,6,8-9,11H,1-2,5,7H2. The lowest BCUT2D eigenvalue weighted by molar-refractivity contribution is 0.0681. The zero-order chi connectivity index (χ0) is 13.1. The van der Waals surface area contributed by atoms with Gasteiger partial charge in [-0.25, -0.2) is 9.37 Å². The third-order valence-corrected chi connectivity index (χ3v) is 3.10. The number of benzene rings is 1. The van der Waals surface area contributed by atoms with E-state index in [1.165, 1.54) is 24.8 Å². The van der Waals surface area contributed by atoms with Crippen molar-refractivity contribution in [2.45, 2.75) is 18.9 Å². The normalized spacial score (nSPS) is 18.7. The molecule has 0 bridgehead atoms. The maximum atomic E-state index is 13.3. The van der Waals surface area contributed by atoms with Crippen molar-refractivity contribution >= 4 is 0 Å². The summed E-state index contributed by atoms with van der Waals surface area (Å²) in [5.41, 5.74) is 1.15. The van der Waals surface area contributed by atoms with Crippen molar-refractivity contribution in [3.05, 3.63) is 36.7 Å². The highest BCUT2D eigenvalue weighted by atomic mass is 19.1. The molecule has 0 saturated carbocycles. The van der Waals surface area contributed by atoms with Crippen LogP contribution in [0.4, 0.5) is 4.39 Å². The number of rotatable bonds is 4. The van der Waals surface area contributed by atoms with E-state index in [0.717, 1.165) is 19.4 Å². The van der Waals surface area contributed by atoms with Gasteiger partial charge in [-0.05, 0) is 31.0 Å². The summed E-state index contributed by atoms with van der Waals surface area (Å²) < 4.78 is 29.5. The van der Waals surface area contributed by atoms with Crippen molar-refractivity contribution in [3.8, 4) is 17.0 Å². The fraction of sp³-hybridized carbons (Fsp3) is 0.357. The van der Waals surface area contributed by atoms with E-state index in [0.29, 0.717) is 23.6 Å². The van der Waals surface area contributed by atoms with Crippen molar-refractivity contribution in [1.82, 2.24) is 4.98 Å². The van der Waals surface area contributed by atoms with Crippen LogP contribution >= 0.6 is 0 Å². The highest BCUT2D eigenvalue weighted by molar-refractivity contribution is 5.66. The average molecular weight is 263 g/mol. The van der Waals surface area contributed by atoms with Crippen molar-refractivity contribution in [2.75, 3.05) is 13.2 Å². The molecule has 1 atom stereocenters. The fourth-order valence-electron chi connectivity index (χ4n) is 2.13. The van der Waals surface area contributed by atoms with E-state index in [2.05, 4.69) is 4.98 Å². The molecule has 1 unspecified atom stereocenters. The Labute approximate surface area is 110 Å². The first-order valence-electron chi connectivity index (χ1n) is 6.25. The number of aromatic nitrogens is 1. The first-order chi connectivity index (χ1) is 9.33. The summed E-state index contributed by atoms with van der Waals surface area (Å²) in [5, 5.41) is 0. The highest BCUT2D eigenvalue weighted by Gasteiger charge is 2.17. The lowest BCUT2D eigenvalue weighted by atomic mass is 10.1. The van der Waals surface area contributed by atoms with Crippen molar-refractivity contribution in [2.24, 2.45) is 0 Å². The molecule has 0 N–H and O–H groups in total. The van der Waals surface area contributed by atoms with Crippen LogP contribution in [-0.4, -0.2) is 24.3 Å². The van der Waals surface area contributed by atoms with E-state index in [9.17, 15) is 4.39 Å². The lowest BCUT2D eigenvalue weighted by Crippen LogP contribution is -2.16. The van der Waals surface area contributed by atoms with Crippen LogP contribution in [0.3, 0.4) is 0 Å². The molecule has 1 aliphatic rings. The molecule has 1 aromatic carbocycles. The summed E-state index contributed by atoms with van der Waals surface area (Å²) >= 11 is 0. The molecule has 4 nitrogen and oxygen atoms in total. The van der Waals surface area contributed by atoms with Crippen molar-refractivity contribution < 1.29 is 18.3 Å². The predicted molar refractivity (Wildman–Crippen MR) is 66.4 cm³/mol. The number of halogens is 1. The van der Waals surface area contributed by atoms with E-state index < -0.39 is 0 Å². The van der Waals surface area contributed by atoms with Gasteiger partial charge >= 0.3 is 0 Å². The Morgan fingerprint density at radius 3 is 3.11 bits per heavy atom. The van der Waals surface area contributed by atoms with Crippen LogP contribution in [0.2, 0.25) is 0 Å². The zero-order valence-corrected chi connectivity index (χ0v) is 10.3. The molecule has 1 aliphatic heterocycles. The third-order valence-electron chi connectivity index (χ3n) is 3.10. The van der Waals surface area contributed by atoms with E-state index in [-0.39, 0.29) is 11.9 Å². The third kappa shape index (κ3) is 2.76. The summed E-state index contributed by atoms with van der Waals surface area (Å²) in [5.74, 6) is 0.258. The molecule has 100 valence electrons. The van der Waals surface area contributed by atoms with E-state index >= 15 is 0 Å². The van der Waals surface area contributed by atoms with Gasteiger partial charge < -0.3 is 13.9 Å². The molecule has 0 amide bonds. The van der Waals surface area contributed by atoms with Gasteiger partial charge in [0.05, 0.1) is 6.10 Å². The Hall–Kier alpha value is -1.88. The van der Waals surface area contributed by atoms with Crippen molar-refractivity contribution in [1.29, 1.82) is 0 Å². The topological polar surface area (TPSA) is 44.5 Å². The summed E-state index contributed by atoms with van der Waals surface area (Å²) in [6.07, 6.45) is 4.96. The fourth-order valence-corrected chi connectivity index (χ4v) is 2.13. The molecule has 5 heteroatoms. The lowest BCUT2D eigenvalue weighted by Gasteiger charge is -2.13. The monoisotopic (exact) mass is 263 g/mol. The molecule has 19 heavy (non-hydrogen) atoms. The summed E-state index contributed by atoms with van der Waals surface area (Å²) in [6.45, 7) is 1.25. The molecular formula is C14H14FNO3. The number of nitrogens with zero attached hydrogens (tertiary/aromatic N) is 1. The molecule has 2 aromatic rings. The van der Waals surface area contributed by atoms with Gasteiger partial charge in [-0.3, -0.25) is 0 Å². The molecule has 1 fully saturated rings. The Morgan fingerprint density at radius 2 is 2.37 bits per heavy atom. The zero-order valence-electron chi connectivity index (χ0n) is 10.3. The van der Waals surface area contributed by atoms with Crippen LogP contribution in [0.25, 0.3) is 11.3 Å². The molecule has 3 rings (SSSR count). The van der Waals surface area contributed by atoms with Gasteiger partial charge in [0, 0.05) is 12.2 Å². The van der Waals surface area contributed by atoms with Crippen molar-refractivity contribution in [3.63, 3.8) is 0 Å². The number of oxazole rings is 1. The second-order valence-electron chi connectivity index (χ2n) is 4.46. The average Bonchev–Trinajstić information content (AvgIpc) is 3.10. The first-order valence-corrected chi connectivity index (χ1v) is 6.25. The number of hydrogen-bond donors (Lipinski definition) is 0. The van der Waals surface area contributed by atoms with Gasteiger partial charge in [0.1, 0.15) is 30.1 Å². The molecule has 1 aromatic heterocycles. The van der Waals surface area contributed by atoms with Crippen LogP contribution in [-0.2, 0) is 4.74 Å². The Kier molecular flexibility index (Phi) is 3.46. The molecule has 1 saturated heterocycles. The second-order valence-corrected chi connectivity index (χ2v) is 4.46. The van der Waals surface area contributed by atoms with E-state index in [1.807, 2.05) is 0 Å². The molecule has 0 radical (unpaired) electrons. The van der Waals surface area contributed by atoms with Crippen LogP contribution in [0, 0.1) is 5.82 Å². The Bertz CT molecular complexity index is 536. The minimum absolute atomic E-state index is 0.121. The Balaban J connectivity index is 1.80. The molecule has 0 aliphatic carbocycles. The first kappa shape index (κ1) is 12.2. The van der Waals surface area contributed by atoms with Crippen LogP contribution in [0.5, 0.6) is 5.75 Å². The number of hydrogen-bond acceptors (Lipinski definition) is 4. The molecule has 2 heterocycles.